The first-order valence-corrected chi connectivity index (χ1v) is 6.94. The molecule has 5 nitrogen and oxygen atoms in total. The van der Waals surface area contributed by atoms with Crippen LogP contribution in [0.2, 0.25) is 0 Å². The number of carbonyl (C=O) groups is 1. The molecule has 0 radical (unpaired) electrons. The van der Waals surface area contributed by atoms with Gasteiger partial charge in [-0.3, -0.25) is 4.79 Å². The summed E-state index contributed by atoms with van der Waals surface area (Å²) >= 11 is 0. The van der Waals surface area contributed by atoms with Crippen LogP contribution in [0.3, 0.4) is 0 Å². The van der Waals surface area contributed by atoms with E-state index in [2.05, 4.69) is 15.0 Å². The van der Waals surface area contributed by atoms with Crippen LogP contribution in [0.25, 0.3) is 0 Å². The number of pyridine rings is 1. The molecule has 0 unspecified atom stereocenters. The Bertz CT molecular complexity index is 485. The van der Waals surface area contributed by atoms with Gasteiger partial charge in [-0.1, -0.05) is 6.07 Å². The Morgan fingerprint density at radius 1 is 1.36 bits per heavy atom. The molecule has 1 saturated heterocycles. The van der Waals surface area contributed by atoms with Crippen molar-refractivity contribution in [2.24, 2.45) is 5.92 Å². The molecule has 8 heteroatoms. The van der Waals surface area contributed by atoms with Crippen LogP contribution in [0.4, 0.5) is 13.2 Å². The van der Waals surface area contributed by atoms with Crippen molar-refractivity contribution in [2.75, 3.05) is 19.8 Å². The number of nitrogens with zero attached hydrogens (tertiary/aromatic N) is 1. The molecule has 122 valence electrons. The van der Waals surface area contributed by atoms with Crippen LogP contribution in [0, 0.1) is 5.92 Å². The van der Waals surface area contributed by atoms with Crippen LogP contribution in [-0.4, -0.2) is 36.9 Å². The molecular weight excluding hydrogens is 301 g/mol. The van der Waals surface area contributed by atoms with E-state index in [1.54, 1.807) is 6.07 Å². The van der Waals surface area contributed by atoms with Gasteiger partial charge in [0.15, 0.2) is 6.61 Å². The zero-order valence-electron chi connectivity index (χ0n) is 11.9. The summed E-state index contributed by atoms with van der Waals surface area (Å²) < 4.78 is 45.7. The highest BCUT2D eigenvalue weighted by atomic mass is 19.4. The third-order valence-corrected chi connectivity index (χ3v) is 3.24. The Labute approximate surface area is 125 Å². The minimum Gasteiger partial charge on any atom is -0.468 e. The molecule has 0 aliphatic carbocycles. The average molecular weight is 318 g/mol. The predicted molar refractivity (Wildman–Crippen MR) is 71.2 cm³/mol. The number of hydrogen-bond donors (Lipinski definition) is 1. The second-order valence-electron chi connectivity index (χ2n) is 5.01. The summed E-state index contributed by atoms with van der Waals surface area (Å²) in [5, 5.41) is 2.79. The normalized spacial score (nSPS) is 16.3. The predicted octanol–water partition coefficient (Wildman–Crippen LogP) is 2.07. The summed E-state index contributed by atoms with van der Waals surface area (Å²) in [4.78, 5) is 15.7. The van der Waals surface area contributed by atoms with E-state index in [0.29, 0.717) is 31.6 Å². The third-order valence-electron chi connectivity index (χ3n) is 3.24. The topological polar surface area (TPSA) is 60.5 Å². The van der Waals surface area contributed by atoms with E-state index < -0.39 is 12.8 Å². The van der Waals surface area contributed by atoms with Crippen molar-refractivity contribution < 1.29 is 27.4 Å². The molecule has 1 aliphatic heterocycles. The van der Waals surface area contributed by atoms with Gasteiger partial charge in [0.1, 0.15) is 0 Å². The fourth-order valence-corrected chi connectivity index (χ4v) is 2.05. The lowest BCUT2D eigenvalue weighted by Gasteiger charge is -2.21. The maximum Gasteiger partial charge on any atom is 0.422 e. The van der Waals surface area contributed by atoms with Crippen LogP contribution < -0.4 is 10.1 Å². The Morgan fingerprint density at radius 3 is 2.68 bits per heavy atom. The van der Waals surface area contributed by atoms with E-state index in [-0.39, 0.29) is 24.2 Å². The number of rotatable bonds is 5. The fourth-order valence-electron chi connectivity index (χ4n) is 2.05. The van der Waals surface area contributed by atoms with Gasteiger partial charge in [0.25, 0.3) is 0 Å². The van der Waals surface area contributed by atoms with Crippen molar-refractivity contribution in [3.05, 3.63) is 23.9 Å². The summed E-state index contributed by atoms with van der Waals surface area (Å²) in [6.45, 7) is 0.0817. The minimum absolute atomic E-state index is 0.0410. The van der Waals surface area contributed by atoms with Gasteiger partial charge in [-0.2, -0.15) is 13.2 Å². The van der Waals surface area contributed by atoms with E-state index in [4.69, 9.17) is 4.74 Å². The molecule has 1 aliphatic rings. The van der Waals surface area contributed by atoms with Gasteiger partial charge < -0.3 is 14.8 Å². The van der Waals surface area contributed by atoms with Crippen molar-refractivity contribution in [1.29, 1.82) is 0 Å². The van der Waals surface area contributed by atoms with Crippen molar-refractivity contribution in [2.45, 2.75) is 25.6 Å². The maximum atomic E-state index is 12.0. The highest BCUT2D eigenvalue weighted by Gasteiger charge is 2.28. The van der Waals surface area contributed by atoms with Gasteiger partial charge in [0.2, 0.25) is 11.8 Å². The molecule has 1 aromatic heterocycles. The molecule has 1 N–H and O–H groups in total. The molecule has 0 saturated carbocycles. The molecule has 0 aromatic carbocycles. The van der Waals surface area contributed by atoms with Gasteiger partial charge in [-0.25, -0.2) is 4.98 Å². The highest BCUT2D eigenvalue weighted by Crippen LogP contribution is 2.17. The van der Waals surface area contributed by atoms with Gasteiger partial charge in [0, 0.05) is 37.9 Å². The standard InChI is InChI=1S/C14H17F3N2O3/c15-14(16,17)9-22-12-2-1-10(7-18-12)8-19-13(20)11-3-5-21-6-4-11/h1-2,7,11H,3-6,8-9H2,(H,19,20). The van der Waals surface area contributed by atoms with Crippen molar-refractivity contribution in [3.8, 4) is 5.88 Å². The lowest BCUT2D eigenvalue weighted by Crippen LogP contribution is -2.33. The van der Waals surface area contributed by atoms with Crippen molar-refractivity contribution in [3.63, 3.8) is 0 Å². The smallest absolute Gasteiger partial charge is 0.422 e. The first kappa shape index (κ1) is 16.5. The van der Waals surface area contributed by atoms with E-state index in [1.807, 2.05) is 0 Å². The highest BCUT2D eigenvalue weighted by molar-refractivity contribution is 5.78. The molecule has 0 bridgehead atoms. The van der Waals surface area contributed by atoms with Crippen LogP contribution in [0.1, 0.15) is 18.4 Å². The summed E-state index contributed by atoms with van der Waals surface area (Å²) in [7, 11) is 0. The van der Waals surface area contributed by atoms with E-state index >= 15 is 0 Å². The Hall–Kier alpha value is -1.83. The molecule has 1 amide bonds. The third kappa shape index (κ3) is 5.51. The number of alkyl halides is 3. The zero-order chi connectivity index (χ0) is 16.0. The van der Waals surface area contributed by atoms with Crippen LogP contribution >= 0.6 is 0 Å². The van der Waals surface area contributed by atoms with Gasteiger partial charge >= 0.3 is 6.18 Å². The number of halogens is 3. The lowest BCUT2D eigenvalue weighted by atomic mass is 9.99. The zero-order valence-corrected chi connectivity index (χ0v) is 11.9. The SMILES string of the molecule is O=C(NCc1ccc(OCC(F)(F)F)nc1)C1CCOCC1. The monoisotopic (exact) mass is 318 g/mol. The van der Waals surface area contributed by atoms with Crippen LogP contribution in [-0.2, 0) is 16.1 Å². The first-order chi connectivity index (χ1) is 10.4. The molecule has 0 spiro atoms. The van der Waals surface area contributed by atoms with Crippen LogP contribution in [0.15, 0.2) is 18.3 Å². The minimum atomic E-state index is -4.39. The summed E-state index contributed by atoms with van der Waals surface area (Å²) in [5.74, 6) is -0.186. The molecule has 2 rings (SSSR count). The second-order valence-corrected chi connectivity index (χ2v) is 5.01. The fraction of sp³-hybridized carbons (Fsp3) is 0.571. The quantitative estimate of drug-likeness (QED) is 0.903. The number of hydrogen-bond acceptors (Lipinski definition) is 4. The van der Waals surface area contributed by atoms with E-state index in [9.17, 15) is 18.0 Å². The Morgan fingerprint density at radius 2 is 2.09 bits per heavy atom. The molecule has 0 atom stereocenters. The van der Waals surface area contributed by atoms with Gasteiger partial charge in [-0.05, 0) is 18.4 Å². The lowest BCUT2D eigenvalue weighted by molar-refractivity contribution is -0.154. The molecule has 1 aromatic rings. The second kappa shape index (κ2) is 7.44. The number of carbonyl (C=O) groups excluding carboxylic acids is 1. The molecular formula is C14H17F3N2O3. The van der Waals surface area contributed by atoms with E-state index in [1.165, 1.54) is 12.3 Å². The maximum absolute atomic E-state index is 12.0. The van der Waals surface area contributed by atoms with Gasteiger partial charge in [-0.15, -0.1) is 0 Å². The van der Waals surface area contributed by atoms with Gasteiger partial charge in [0.05, 0.1) is 0 Å². The molecule has 1 fully saturated rings. The molecule has 2 heterocycles. The Kier molecular flexibility index (Phi) is 5.59. The number of aromatic nitrogens is 1. The summed E-state index contributed by atoms with van der Waals surface area (Å²) in [6.07, 6.45) is -1.60. The van der Waals surface area contributed by atoms with Crippen LogP contribution in [0.5, 0.6) is 5.88 Å². The Balaban J connectivity index is 1.77. The number of ether oxygens (including phenoxy) is 2. The van der Waals surface area contributed by atoms with Crippen molar-refractivity contribution >= 4 is 5.91 Å². The molecule has 22 heavy (non-hydrogen) atoms. The average Bonchev–Trinajstić information content (AvgIpc) is 2.52. The van der Waals surface area contributed by atoms with E-state index in [0.717, 1.165) is 0 Å². The first-order valence-electron chi connectivity index (χ1n) is 6.94. The summed E-state index contributed by atoms with van der Waals surface area (Å²) in [5.41, 5.74) is 0.694. The summed E-state index contributed by atoms with van der Waals surface area (Å²) in [6, 6.07) is 2.92. The number of amides is 1. The number of nitrogens with one attached hydrogen (secondary N) is 1. The largest absolute Gasteiger partial charge is 0.468 e. The van der Waals surface area contributed by atoms with Crippen molar-refractivity contribution in [1.82, 2.24) is 10.3 Å².